The average Bonchev–Trinajstić information content (AvgIpc) is 2.51. The summed E-state index contributed by atoms with van der Waals surface area (Å²) in [7, 11) is 0. The summed E-state index contributed by atoms with van der Waals surface area (Å²) < 4.78 is 0. The molecule has 0 unspecified atom stereocenters. The van der Waals surface area contributed by atoms with Crippen LogP contribution in [0.3, 0.4) is 0 Å². The zero-order chi connectivity index (χ0) is 10.8. The molecule has 4 heteroatoms. The van der Waals surface area contributed by atoms with Crippen molar-refractivity contribution in [2.24, 2.45) is 0 Å². The Morgan fingerprint density at radius 2 is 1.67 bits per heavy atom. The molecular weight excluding hydrogens is 194 g/mol. The number of fused-ring (bicyclic) bond motifs is 1. The molecule has 1 aromatic rings. The summed E-state index contributed by atoms with van der Waals surface area (Å²) in [5.74, 6) is -0.623. The van der Waals surface area contributed by atoms with E-state index in [0.29, 0.717) is 11.1 Å². The van der Waals surface area contributed by atoms with Gasteiger partial charge in [0.05, 0.1) is 23.9 Å². The highest BCUT2D eigenvalue weighted by Crippen LogP contribution is 2.21. The number of aliphatic hydroxyl groups excluding tert-OH is 1. The Hall–Kier alpha value is -2.10. The van der Waals surface area contributed by atoms with Crippen molar-refractivity contribution in [2.45, 2.75) is 0 Å². The average molecular weight is 203 g/mol. The molecule has 2 rings (SSSR count). The number of nitrogens with zero attached hydrogens (tertiary/aromatic N) is 1. The minimum Gasteiger partial charge on any atom is -0.516 e. The second-order valence-corrected chi connectivity index (χ2v) is 3.15. The monoisotopic (exact) mass is 203 g/mol. The fourth-order valence-corrected chi connectivity index (χ4v) is 1.56. The van der Waals surface area contributed by atoms with Gasteiger partial charge in [0.2, 0.25) is 0 Å². The summed E-state index contributed by atoms with van der Waals surface area (Å²) >= 11 is 0. The molecule has 0 bridgehead atoms. The Morgan fingerprint density at radius 1 is 1.13 bits per heavy atom. The van der Waals surface area contributed by atoms with E-state index in [-0.39, 0.29) is 18.4 Å². The van der Waals surface area contributed by atoms with Crippen LogP contribution in [-0.2, 0) is 0 Å². The number of amides is 2. The lowest BCUT2D eigenvalue weighted by molar-refractivity contribution is 0.0671. The first-order valence-corrected chi connectivity index (χ1v) is 4.50. The lowest BCUT2D eigenvalue weighted by atomic mass is 10.1. The molecule has 1 aromatic carbocycles. The number of aliphatic hydroxyl groups is 1. The van der Waals surface area contributed by atoms with E-state index in [1.165, 1.54) is 6.08 Å². The summed E-state index contributed by atoms with van der Waals surface area (Å²) in [5, 5.41) is 8.49. The molecular formula is C11H9NO3. The van der Waals surface area contributed by atoms with Gasteiger partial charge in [-0.3, -0.25) is 14.5 Å². The second-order valence-electron chi connectivity index (χ2n) is 3.15. The molecule has 0 spiro atoms. The van der Waals surface area contributed by atoms with Gasteiger partial charge in [0.15, 0.2) is 0 Å². The van der Waals surface area contributed by atoms with Crippen molar-refractivity contribution in [1.82, 2.24) is 4.90 Å². The topological polar surface area (TPSA) is 57.6 Å². The van der Waals surface area contributed by atoms with Gasteiger partial charge < -0.3 is 5.11 Å². The molecule has 1 aliphatic rings. The minimum atomic E-state index is -0.311. The maximum atomic E-state index is 11.7. The zero-order valence-electron chi connectivity index (χ0n) is 7.88. The Morgan fingerprint density at radius 3 is 2.13 bits per heavy atom. The number of hydrogen-bond donors (Lipinski definition) is 1. The van der Waals surface area contributed by atoms with Gasteiger partial charge in [-0.05, 0) is 18.2 Å². The van der Waals surface area contributed by atoms with Crippen LogP contribution in [0, 0.1) is 0 Å². The van der Waals surface area contributed by atoms with E-state index in [2.05, 4.69) is 0 Å². The summed E-state index contributed by atoms with van der Waals surface area (Å²) in [6.45, 7) is 0.100. The molecule has 0 saturated heterocycles. The summed E-state index contributed by atoms with van der Waals surface area (Å²) in [6, 6.07) is 6.68. The van der Waals surface area contributed by atoms with E-state index in [4.69, 9.17) is 5.11 Å². The first-order chi connectivity index (χ1) is 7.25. The van der Waals surface area contributed by atoms with E-state index in [9.17, 15) is 9.59 Å². The van der Waals surface area contributed by atoms with Crippen molar-refractivity contribution in [3.05, 3.63) is 47.7 Å². The van der Waals surface area contributed by atoms with Gasteiger partial charge in [0, 0.05) is 0 Å². The van der Waals surface area contributed by atoms with Gasteiger partial charge >= 0.3 is 0 Å². The number of hydrogen-bond acceptors (Lipinski definition) is 3. The van der Waals surface area contributed by atoms with Gasteiger partial charge in [-0.2, -0.15) is 0 Å². The first kappa shape index (κ1) is 9.45. The molecule has 0 aliphatic carbocycles. The van der Waals surface area contributed by atoms with Crippen LogP contribution >= 0.6 is 0 Å². The van der Waals surface area contributed by atoms with E-state index in [0.717, 1.165) is 11.2 Å². The van der Waals surface area contributed by atoms with Gasteiger partial charge in [-0.15, -0.1) is 0 Å². The van der Waals surface area contributed by atoms with Crippen molar-refractivity contribution in [2.75, 3.05) is 6.54 Å². The molecule has 1 aliphatic heterocycles. The highest BCUT2D eigenvalue weighted by atomic mass is 16.2. The molecule has 1 N–H and O–H groups in total. The lowest BCUT2D eigenvalue weighted by Crippen LogP contribution is -2.29. The zero-order valence-corrected chi connectivity index (χ0v) is 7.88. The number of carbonyl (C=O) groups is 2. The smallest absolute Gasteiger partial charge is 0.261 e. The van der Waals surface area contributed by atoms with Gasteiger partial charge in [-0.1, -0.05) is 12.1 Å². The molecule has 1 heterocycles. The van der Waals surface area contributed by atoms with Crippen molar-refractivity contribution in [3.63, 3.8) is 0 Å². The Labute approximate surface area is 86.4 Å². The number of benzene rings is 1. The fraction of sp³-hybridized carbons (Fsp3) is 0.0909. The lowest BCUT2D eigenvalue weighted by Gasteiger charge is -2.09. The van der Waals surface area contributed by atoms with E-state index in [1.807, 2.05) is 0 Å². The summed E-state index contributed by atoms with van der Waals surface area (Å²) in [6.07, 6.45) is 2.17. The predicted octanol–water partition coefficient (Wildman–Crippen LogP) is 1.35. The first-order valence-electron chi connectivity index (χ1n) is 4.50. The number of rotatable bonds is 2. The molecule has 0 atom stereocenters. The van der Waals surface area contributed by atoms with Gasteiger partial charge in [-0.25, -0.2) is 0 Å². The van der Waals surface area contributed by atoms with Crippen LogP contribution < -0.4 is 0 Å². The number of imide groups is 1. The normalized spacial score (nSPS) is 15.1. The SMILES string of the molecule is O=C1c2ccccc2C(=O)N1CC=CO. The molecule has 4 nitrogen and oxygen atoms in total. The minimum absolute atomic E-state index is 0.100. The molecule has 76 valence electrons. The maximum absolute atomic E-state index is 11.7. The molecule has 15 heavy (non-hydrogen) atoms. The van der Waals surface area contributed by atoms with Crippen molar-refractivity contribution in [3.8, 4) is 0 Å². The van der Waals surface area contributed by atoms with E-state index < -0.39 is 0 Å². The third kappa shape index (κ3) is 1.40. The fourth-order valence-electron chi connectivity index (χ4n) is 1.56. The Kier molecular flexibility index (Phi) is 2.25. The van der Waals surface area contributed by atoms with Crippen LogP contribution in [0.25, 0.3) is 0 Å². The highest BCUT2D eigenvalue weighted by molar-refractivity contribution is 6.21. The van der Waals surface area contributed by atoms with Crippen LogP contribution in [-0.4, -0.2) is 28.4 Å². The van der Waals surface area contributed by atoms with Gasteiger partial charge in [0.25, 0.3) is 11.8 Å². The quantitative estimate of drug-likeness (QED) is 0.583. The summed E-state index contributed by atoms with van der Waals surface area (Å²) in [4.78, 5) is 24.5. The molecule has 0 saturated carbocycles. The van der Waals surface area contributed by atoms with E-state index in [1.54, 1.807) is 24.3 Å². The molecule has 2 amide bonds. The van der Waals surface area contributed by atoms with Gasteiger partial charge in [0.1, 0.15) is 0 Å². The molecule has 0 radical (unpaired) electrons. The molecule has 0 fully saturated rings. The second kappa shape index (κ2) is 3.57. The number of carbonyl (C=O) groups excluding carboxylic acids is 2. The predicted molar refractivity (Wildman–Crippen MR) is 53.6 cm³/mol. The van der Waals surface area contributed by atoms with Crippen LogP contribution in [0.15, 0.2) is 36.6 Å². The van der Waals surface area contributed by atoms with E-state index >= 15 is 0 Å². The van der Waals surface area contributed by atoms with Crippen LogP contribution in [0.5, 0.6) is 0 Å². The largest absolute Gasteiger partial charge is 0.516 e. The highest BCUT2D eigenvalue weighted by Gasteiger charge is 2.33. The Bertz CT molecular complexity index is 416. The Balaban J connectivity index is 2.37. The third-order valence-electron chi connectivity index (χ3n) is 2.27. The van der Waals surface area contributed by atoms with Crippen LogP contribution in [0.1, 0.15) is 20.7 Å². The van der Waals surface area contributed by atoms with Crippen LogP contribution in [0.2, 0.25) is 0 Å². The van der Waals surface area contributed by atoms with Crippen molar-refractivity contribution >= 4 is 11.8 Å². The van der Waals surface area contributed by atoms with Crippen molar-refractivity contribution in [1.29, 1.82) is 0 Å². The van der Waals surface area contributed by atoms with Crippen LogP contribution in [0.4, 0.5) is 0 Å². The standard InChI is InChI=1S/C11H9NO3/c13-7-3-6-12-10(14)8-4-1-2-5-9(8)11(12)15/h1-5,7,13H,6H2. The summed E-state index contributed by atoms with van der Waals surface area (Å²) in [5.41, 5.74) is 0.850. The maximum Gasteiger partial charge on any atom is 0.261 e. The molecule has 0 aromatic heterocycles. The third-order valence-corrected chi connectivity index (χ3v) is 2.27. The van der Waals surface area contributed by atoms with Crippen molar-refractivity contribution < 1.29 is 14.7 Å².